The van der Waals surface area contributed by atoms with Crippen LogP contribution >= 0.6 is 0 Å². The SMILES string of the molecule is CCN(Cc1ccc(F)c(F)c1)C(=O)CCCNC. The first-order valence-electron chi connectivity index (χ1n) is 6.44. The lowest BCUT2D eigenvalue weighted by molar-refractivity contribution is -0.131. The van der Waals surface area contributed by atoms with Crippen LogP contribution in [0, 0.1) is 11.6 Å². The van der Waals surface area contributed by atoms with E-state index in [1.165, 1.54) is 6.07 Å². The quantitative estimate of drug-likeness (QED) is 0.771. The highest BCUT2D eigenvalue weighted by atomic mass is 19.2. The van der Waals surface area contributed by atoms with Gasteiger partial charge in [0.05, 0.1) is 0 Å². The molecule has 0 saturated heterocycles. The van der Waals surface area contributed by atoms with E-state index in [0.717, 1.165) is 25.1 Å². The molecule has 0 spiro atoms. The van der Waals surface area contributed by atoms with E-state index in [2.05, 4.69) is 5.32 Å². The van der Waals surface area contributed by atoms with E-state index in [9.17, 15) is 13.6 Å². The summed E-state index contributed by atoms with van der Waals surface area (Å²) in [6.07, 6.45) is 1.22. The summed E-state index contributed by atoms with van der Waals surface area (Å²) in [5.74, 6) is -1.72. The molecule has 3 nitrogen and oxygen atoms in total. The Bertz CT molecular complexity index is 424. The van der Waals surface area contributed by atoms with Gasteiger partial charge < -0.3 is 10.2 Å². The number of hydrogen-bond donors (Lipinski definition) is 1. The third kappa shape index (κ3) is 4.95. The van der Waals surface area contributed by atoms with Crippen molar-refractivity contribution in [2.75, 3.05) is 20.1 Å². The number of amides is 1. The minimum atomic E-state index is -0.879. The first-order valence-corrected chi connectivity index (χ1v) is 6.44. The number of rotatable bonds is 7. The van der Waals surface area contributed by atoms with E-state index in [4.69, 9.17) is 0 Å². The average Bonchev–Trinajstić information content (AvgIpc) is 2.40. The number of halogens is 2. The van der Waals surface area contributed by atoms with Crippen molar-refractivity contribution in [2.24, 2.45) is 0 Å². The summed E-state index contributed by atoms with van der Waals surface area (Å²) in [5.41, 5.74) is 0.600. The fourth-order valence-electron chi connectivity index (χ4n) is 1.81. The Morgan fingerprint density at radius 3 is 2.63 bits per heavy atom. The Hall–Kier alpha value is -1.49. The van der Waals surface area contributed by atoms with Gasteiger partial charge in [-0.2, -0.15) is 0 Å². The average molecular weight is 270 g/mol. The molecule has 0 aliphatic rings. The van der Waals surface area contributed by atoms with Crippen LogP contribution in [0.25, 0.3) is 0 Å². The van der Waals surface area contributed by atoms with E-state index in [-0.39, 0.29) is 5.91 Å². The number of benzene rings is 1. The van der Waals surface area contributed by atoms with Crippen molar-refractivity contribution >= 4 is 5.91 Å². The second kappa shape index (κ2) is 7.84. The Kier molecular flexibility index (Phi) is 6.42. The predicted molar refractivity (Wildman–Crippen MR) is 70.6 cm³/mol. The van der Waals surface area contributed by atoms with Crippen LogP contribution in [0.2, 0.25) is 0 Å². The van der Waals surface area contributed by atoms with Crippen molar-refractivity contribution in [3.05, 3.63) is 35.4 Å². The van der Waals surface area contributed by atoms with Crippen molar-refractivity contribution in [3.63, 3.8) is 0 Å². The number of carbonyl (C=O) groups excluding carboxylic acids is 1. The van der Waals surface area contributed by atoms with E-state index < -0.39 is 11.6 Å². The fourth-order valence-corrected chi connectivity index (χ4v) is 1.81. The van der Waals surface area contributed by atoms with Gasteiger partial charge in [0, 0.05) is 19.5 Å². The van der Waals surface area contributed by atoms with E-state index in [0.29, 0.717) is 25.1 Å². The first-order chi connectivity index (χ1) is 9.08. The highest BCUT2D eigenvalue weighted by molar-refractivity contribution is 5.76. The summed E-state index contributed by atoms with van der Waals surface area (Å²) in [6, 6.07) is 3.73. The molecule has 1 amide bonds. The van der Waals surface area contributed by atoms with Crippen LogP contribution in [0.5, 0.6) is 0 Å². The molecule has 1 N–H and O–H groups in total. The summed E-state index contributed by atoms with van der Waals surface area (Å²) in [5, 5.41) is 2.98. The Balaban J connectivity index is 2.60. The van der Waals surface area contributed by atoms with Gasteiger partial charge in [-0.15, -0.1) is 0 Å². The largest absolute Gasteiger partial charge is 0.339 e. The van der Waals surface area contributed by atoms with E-state index in [1.54, 1.807) is 4.90 Å². The number of nitrogens with one attached hydrogen (secondary N) is 1. The van der Waals surface area contributed by atoms with Gasteiger partial charge in [-0.25, -0.2) is 8.78 Å². The van der Waals surface area contributed by atoms with Crippen LogP contribution in [0.15, 0.2) is 18.2 Å². The maximum atomic E-state index is 13.1. The molecule has 5 heteroatoms. The van der Waals surface area contributed by atoms with E-state index in [1.807, 2.05) is 14.0 Å². The second-order valence-corrected chi connectivity index (χ2v) is 4.36. The molecule has 1 aromatic carbocycles. The van der Waals surface area contributed by atoms with Gasteiger partial charge >= 0.3 is 0 Å². The minimum Gasteiger partial charge on any atom is -0.339 e. The number of hydrogen-bond acceptors (Lipinski definition) is 2. The molecule has 0 heterocycles. The molecule has 0 aliphatic heterocycles. The summed E-state index contributed by atoms with van der Waals surface area (Å²) in [7, 11) is 1.84. The molecule has 1 rings (SSSR count). The number of nitrogens with zero attached hydrogens (tertiary/aromatic N) is 1. The van der Waals surface area contributed by atoms with Gasteiger partial charge in [0.25, 0.3) is 0 Å². The maximum absolute atomic E-state index is 13.1. The second-order valence-electron chi connectivity index (χ2n) is 4.36. The Labute approximate surface area is 112 Å². The molecule has 0 radical (unpaired) electrons. The van der Waals surface area contributed by atoms with Crippen LogP contribution in [0.4, 0.5) is 8.78 Å². The lowest BCUT2D eigenvalue weighted by Crippen LogP contribution is -2.30. The Morgan fingerprint density at radius 2 is 2.05 bits per heavy atom. The van der Waals surface area contributed by atoms with Crippen molar-refractivity contribution in [3.8, 4) is 0 Å². The predicted octanol–water partition coefficient (Wildman–Crippen LogP) is 2.31. The first kappa shape index (κ1) is 15.6. The topological polar surface area (TPSA) is 32.3 Å². The highest BCUT2D eigenvalue weighted by Crippen LogP contribution is 2.12. The summed E-state index contributed by atoms with van der Waals surface area (Å²) in [6.45, 7) is 3.52. The van der Waals surface area contributed by atoms with Crippen LogP contribution in [0.1, 0.15) is 25.3 Å². The van der Waals surface area contributed by atoms with Gasteiger partial charge in [-0.05, 0) is 44.6 Å². The van der Waals surface area contributed by atoms with Gasteiger partial charge in [0.15, 0.2) is 11.6 Å². The molecule has 0 aromatic heterocycles. The molecule has 1 aromatic rings. The van der Waals surface area contributed by atoms with Gasteiger partial charge in [-0.1, -0.05) is 6.07 Å². The summed E-state index contributed by atoms with van der Waals surface area (Å²) < 4.78 is 25.9. The molecule has 0 bridgehead atoms. The van der Waals surface area contributed by atoms with Crippen LogP contribution in [0.3, 0.4) is 0 Å². The summed E-state index contributed by atoms with van der Waals surface area (Å²) in [4.78, 5) is 13.6. The number of carbonyl (C=O) groups is 1. The molecule has 106 valence electrons. The standard InChI is InChI=1S/C14H20F2N2O/c1-3-18(14(19)5-4-8-17-2)10-11-6-7-12(15)13(16)9-11/h6-7,9,17H,3-5,8,10H2,1-2H3. The van der Waals surface area contributed by atoms with Crippen LogP contribution < -0.4 is 5.32 Å². The molecule has 0 atom stereocenters. The lowest BCUT2D eigenvalue weighted by Gasteiger charge is -2.21. The zero-order valence-electron chi connectivity index (χ0n) is 11.4. The minimum absolute atomic E-state index is 0.0301. The molecular formula is C14H20F2N2O. The Morgan fingerprint density at radius 1 is 1.32 bits per heavy atom. The zero-order chi connectivity index (χ0) is 14.3. The van der Waals surface area contributed by atoms with Crippen LogP contribution in [-0.4, -0.2) is 30.9 Å². The molecule has 0 saturated carbocycles. The smallest absolute Gasteiger partial charge is 0.222 e. The third-order valence-corrected chi connectivity index (χ3v) is 2.91. The fraction of sp³-hybridized carbons (Fsp3) is 0.500. The normalized spacial score (nSPS) is 10.5. The van der Waals surface area contributed by atoms with Crippen molar-refractivity contribution in [1.82, 2.24) is 10.2 Å². The molecule has 0 fully saturated rings. The van der Waals surface area contributed by atoms with Gasteiger partial charge in [0.1, 0.15) is 0 Å². The van der Waals surface area contributed by atoms with Crippen molar-refractivity contribution in [2.45, 2.75) is 26.3 Å². The van der Waals surface area contributed by atoms with Gasteiger partial charge in [0.2, 0.25) is 5.91 Å². The molecular weight excluding hydrogens is 250 g/mol. The third-order valence-electron chi connectivity index (χ3n) is 2.91. The van der Waals surface area contributed by atoms with Crippen molar-refractivity contribution in [1.29, 1.82) is 0 Å². The van der Waals surface area contributed by atoms with E-state index >= 15 is 0 Å². The van der Waals surface area contributed by atoms with Gasteiger partial charge in [-0.3, -0.25) is 4.79 Å². The van der Waals surface area contributed by atoms with Crippen molar-refractivity contribution < 1.29 is 13.6 Å². The zero-order valence-corrected chi connectivity index (χ0v) is 11.4. The van der Waals surface area contributed by atoms with Crippen LogP contribution in [-0.2, 0) is 11.3 Å². The molecule has 0 unspecified atom stereocenters. The molecule has 0 aliphatic carbocycles. The monoisotopic (exact) mass is 270 g/mol. The lowest BCUT2D eigenvalue weighted by atomic mass is 10.2. The summed E-state index contributed by atoms with van der Waals surface area (Å²) >= 11 is 0. The maximum Gasteiger partial charge on any atom is 0.222 e. The highest BCUT2D eigenvalue weighted by Gasteiger charge is 2.12. The molecule has 19 heavy (non-hydrogen) atoms.